The predicted octanol–water partition coefficient (Wildman–Crippen LogP) is 3.37. The van der Waals surface area contributed by atoms with Crippen LogP contribution in [0.3, 0.4) is 0 Å². The standard InChI is InChI=1S/C12H11ClFN3/c1-2-15-12-16-7-10(14)11(17-12)8-5-3-4-6-9(8)13/h3-7H,2H2,1H3,(H,15,16,17). The SMILES string of the molecule is CCNc1ncc(F)c(-c2ccccc2Cl)n1. The predicted molar refractivity (Wildman–Crippen MR) is 66.6 cm³/mol. The van der Waals surface area contributed by atoms with Crippen LogP contribution < -0.4 is 5.32 Å². The van der Waals surface area contributed by atoms with Gasteiger partial charge in [-0.25, -0.2) is 14.4 Å². The number of rotatable bonds is 3. The van der Waals surface area contributed by atoms with Crippen molar-refractivity contribution in [3.05, 3.63) is 41.3 Å². The second kappa shape index (κ2) is 5.10. The Hall–Kier alpha value is -1.68. The summed E-state index contributed by atoms with van der Waals surface area (Å²) in [5.74, 6) is -0.0939. The fourth-order valence-corrected chi connectivity index (χ4v) is 1.68. The molecular weight excluding hydrogens is 241 g/mol. The van der Waals surface area contributed by atoms with Gasteiger partial charge < -0.3 is 5.32 Å². The third-order valence-electron chi connectivity index (χ3n) is 2.21. The van der Waals surface area contributed by atoms with E-state index < -0.39 is 5.82 Å². The highest BCUT2D eigenvalue weighted by atomic mass is 35.5. The molecule has 0 saturated heterocycles. The summed E-state index contributed by atoms with van der Waals surface area (Å²) in [6.07, 6.45) is 1.14. The second-order valence-corrected chi connectivity index (χ2v) is 3.81. The van der Waals surface area contributed by atoms with Crippen molar-refractivity contribution in [3.8, 4) is 11.3 Å². The van der Waals surface area contributed by atoms with Gasteiger partial charge in [0, 0.05) is 12.1 Å². The Balaban J connectivity index is 2.51. The molecule has 1 heterocycles. The zero-order valence-electron chi connectivity index (χ0n) is 9.24. The molecule has 1 aromatic heterocycles. The van der Waals surface area contributed by atoms with Crippen LogP contribution in [0.25, 0.3) is 11.3 Å². The smallest absolute Gasteiger partial charge is 0.223 e. The van der Waals surface area contributed by atoms with Gasteiger partial charge in [0.15, 0.2) is 5.82 Å². The molecule has 3 nitrogen and oxygen atoms in total. The van der Waals surface area contributed by atoms with Crippen LogP contribution >= 0.6 is 11.6 Å². The third kappa shape index (κ3) is 2.53. The van der Waals surface area contributed by atoms with Crippen molar-refractivity contribution >= 4 is 17.5 Å². The molecule has 0 fully saturated rings. The first-order valence-corrected chi connectivity index (χ1v) is 5.61. The number of nitrogens with zero attached hydrogens (tertiary/aromatic N) is 2. The van der Waals surface area contributed by atoms with Gasteiger partial charge in [0.2, 0.25) is 5.95 Å². The van der Waals surface area contributed by atoms with E-state index in [-0.39, 0.29) is 5.69 Å². The zero-order valence-corrected chi connectivity index (χ0v) is 10.0. The van der Waals surface area contributed by atoms with E-state index in [1.807, 2.05) is 6.92 Å². The van der Waals surface area contributed by atoms with Gasteiger partial charge in [0.05, 0.1) is 11.2 Å². The summed E-state index contributed by atoms with van der Waals surface area (Å²) in [4.78, 5) is 7.95. The maximum absolute atomic E-state index is 13.7. The van der Waals surface area contributed by atoms with Gasteiger partial charge in [-0.2, -0.15) is 0 Å². The molecule has 0 amide bonds. The summed E-state index contributed by atoms with van der Waals surface area (Å²) >= 11 is 6.01. The maximum atomic E-state index is 13.7. The maximum Gasteiger partial charge on any atom is 0.223 e. The quantitative estimate of drug-likeness (QED) is 0.909. The molecule has 2 rings (SSSR count). The Kier molecular flexibility index (Phi) is 3.54. The lowest BCUT2D eigenvalue weighted by Gasteiger charge is -2.07. The summed E-state index contributed by atoms with van der Waals surface area (Å²) in [6, 6.07) is 7.00. The second-order valence-electron chi connectivity index (χ2n) is 3.40. The average molecular weight is 252 g/mol. The lowest BCUT2D eigenvalue weighted by molar-refractivity contribution is 0.618. The molecule has 5 heteroatoms. The molecule has 2 aromatic rings. The molecule has 0 aliphatic rings. The highest BCUT2D eigenvalue weighted by Crippen LogP contribution is 2.28. The van der Waals surface area contributed by atoms with Crippen LogP contribution in [0.4, 0.5) is 10.3 Å². The summed E-state index contributed by atoms with van der Waals surface area (Å²) in [7, 11) is 0. The third-order valence-corrected chi connectivity index (χ3v) is 2.54. The molecule has 0 aliphatic heterocycles. The van der Waals surface area contributed by atoms with Crippen molar-refractivity contribution in [2.24, 2.45) is 0 Å². The van der Waals surface area contributed by atoms with Crippen molar-refractivity contribution in [2.45, 2.75) is 6.92 Å². The largest absolute Gasteiger partial charge is 0.354 e. The minimum atomic E-state index is -0.486. The molecule has 0 atom stereocenters. The van der Waals surface area contributed by atoms with E-state index in [9.17, 15) is 4.39 Å². The molecule has 0 aliphatic carbocycles. The fraction of sp³-hybridized carbons (Fsp3) is 0.167. The molecular formula is C12H11ClFN3. The summed E-state index contributed by atoms with van der Waals surface area (Å²) in [6.45, 7) is 2.59. The van der Waals surface area contributed by atoms with Crippen molar-refractivity contribution in [2.75, 3.05) is 11.9 Å². The first kappa shape index (κ1) is 11.8. The molecule has 0 saturated carbocycles. The molecule has 17 heavy (non-hydrogen) atoms. The van der Waals surface area contributed by atoms with Crippen molar-refractivity contribution < 1.29 is 4.39 Å². The molecule has 1 N–H and O–H groups in total. The lowest BCUT2D eigenvalue weighted by atomic mass is 10.1. The number of aromatic nitrogens is 2. The highest BCUT2D eigenvalue weighted by Gasteiger charge is 2.11. The Morgan fingerprint density at radius 2 is 2.12 bits per heavy atom. The van der Waals surface area contributed by atoms with E-state index in [1.165, 1.54) is 0 Å². The zero-order chi connectivity index (χ0) is 12.3. The van der Waals surface area contributed by atoms with Gasteiger partial charge in [0.25, 0.3) is 0 Å². The first-order chi connectivity index (χ1) is 8.22. The van der Waals surface area contributed by atoms with Crippen LogP contribution in [0.15, 0.2) is 30.5 Å². The lowest BCUT2D eigenvalue weighted by Crippen LogP contribution is -2.04. The van der Waals surface area contributed by atoms with Gasteiger partial charge in [-0.15, -0.1) is 0 Å². The van der Waals surface area contributed by atoms with E-state index in [0.717, 1.165) is 6.20 Å². The number of hydrogen-bond acceptors (Lipinski definition) is 3. The van der Waals surface area contributed by atoms with Gasteiger partial charge in [-0.1, -0.05) is 29.8 Å². The molecule has 0 bridgehead atoms. The molecule has 88 valence electrons. The van der Waals surface area contributed by atoms with Crippen molar-refractivity contribution in [1.29, 1.82) is 0 Å². The van der Waals surface area contributed by atoms with Crippen LogP contribution in [0.2, 0.25) is 5.02 Å². The summed E-state index contributed by atoms with van der Waals surface area (Å²) in [5.41, 5.74) is 0.773. The van der Waals surface area contributed by atoms with E-state index >= 15 is 0 Å². The van der Waals surface area contributed by atoms with Gasteiger partial charge in [0.1, 0.15) is 5.69 Å². The minimum Gasteiger partial charge on any atom is -0.354 e. The van der Waals surface area contributed by atoms with Gasteiger partial charge in [-0.3, -0.25) is 0 Å². The van der Waals surface area contributed by atoms with E-state index in [0.29, 0.717) is 23.1 Å². The van der Waals surface area contributed by atoms with E-state index in [2.05, 4.69) is 15.3 Å². The molecule has 0 unspecified atom stereocenters. The van der Waals surface area contributed by atoms with Crippen LogP contribution in [0.5, 0.6) is 0 Å². The molecule has 0 spiro atoms. The summed E-state index contributed by atoms with van der Waals surface area (Å²) < 4.78 is 13.7. The monoisotopic (exact) mass is 251 g/mol. The Bertz CT molecular complexity index is 531. The van der Waals surface area contributed by atoms with Crippen LogP contribution in [0.1, 0.15) is 6.92 Å². The van der Waals surface area contributed by atoms with Crippen molar-refractivity contribution in [3.63, 3.8) is 0 Å². The number of anilines is 1. The van der Waals surface area contributed by atoms with Gasteiger partial charge >= 0.3 is 0 Å². The normalized spacial score (nSPS) is 10.3. The minimum absolute atomic E-state index is 0.210. The Labute approximate surface area is 104 Å². The number of halogens is 2. The van der Waals surface area contributed by atoms with Crippen molar-refractivity contribution in [1.82, 2.24) is 9.97 Å². The van der Waals surface area contributed by atoms with E-state index in [4.69, 9.17) is 11.6 Å². The van der Waals surface area contributed by atoms with E-state index in [1.54, 1.807) is 24.3 Å². The Morgan fingerprint density at radius 1 is 1.35 bits per heavy atom. The van der Waals surface area contributed by atoms with Crippen LogP contribution in [-0.4, -0.2) is 16.5 Å². The Morgan fingerprint density at radius 3 is 2.82 bits per heavy atom. The molecule has 0 radical (unpaired) electrons. The first-order valence-electron chi connectivity index (χ1n) is 5.23. The molecule has 1 aromatic carbocycles. The number of hydrogen-bond donors (Lipinski definition) is 1. The van der Waals surface area contributed by atoms with Crippen LogP contribution in [-0.2, 0) is 0 Å². The summed E-state index contributed by atoms with van der Waals surface area (Å²) in [5, 5.41) is 3.40. The number of nitrogens with one attached hydrogen (secondary N) is 1. The van der Waals surface area contributed by atoms with Crippen LogP contribution in [0, 0.1) is 5.82 Å². The van der Waals surface area contributed by atoms with Gasteiger partial charge in [-0.05, 0) is 13.0 Å². The topological polar surface area (TPSA) is 37.8 Å². The highest BCUT2D eigenvalue weighted by molar-refractivity contribution is 6.33. The average Bonchev–Trinajstić information content (AvgIpc) is 2.33. The fourth-order valence-electron chi connectivity index (χ4n) is 1.45. The number of benzene rings is 1.